The molecule has 0 radical (unpaired) electrons. The van der Waals surface area contributed by atoms with Crippen LogP contribution < -0.4 is 10.1 Å². The molecule has 0 atom stereocenters. The second-order valence-corrected chi connectivity index (χ2v) is 9.80. The van der Waals surface area contributed by atoms with E-state index in [0.717, 1.165) is 51.0 Å². The van der Waals surface area contributed by atoms with Crippen LogP contribution in [0.1, 0.15) is 47.2 Å². The molecule has 1 aliphatic heterocycles. The number of carbonyl (C=O) groups excluding carboxylic acids is 2. The van der Waals surface area contributed by atoms with Gasteiger partial charge in [0.05, 0.1) is 6.61 Å². The Hall–Kier alpha value is -2.71. The summed E-state index contributed by atoms with van der Waals surface area (Å²) in [5, 5.41) is 13.3. The van der Waals surface area contributed by atoms with Gasteiger partial charge >= 0.3 is 7.60 Å². The zero-order valence-corrected chi connectivity index (χ0v) is 19.9. The normalized spacial score (nSPS) is 14.1. The van der Waals surface area contributed by atoms with Gasteiger partial charge in [-0.1, -0.05) is 12.1 Å². The number of nitrogens with zero attached hydrogens (tertiary/aromatic N) is 1. The molecule has 184 valence electrons. The van der Waals surface area contributed by atoms with Gasteiger partial charge in [0.1, 0.15) is 11.5 Å². The first-order valence-electron chi connectivity index (χ1n) is 11.4. The molecule has 2 aromatic rings. The molecule has 0 saturated carbocycles. The SMILES string of the molecule is O=C(CCCCCOc1ccc(Cc2cc(C(=O)P(=O)(O)O)ccc2O)cc1)N1CCNCC1. The number of nitrogens with one attached hydrogen (secondary N) is 1. The number of aromatic hydroxyl groups is 1. The fourth-order valence-electron chi connectivity index (χ4n) is 3.77. The number of phenolic OH excluding ortho intramolecular Hbond substituents is 1. The Morgan fingerprint density at radius 1 is 1.00 bits per heavy atom. The highest BCUT2D eigenvalue weighted by Crippen LogP contribution is 2.39. The van der Waals surface area contributed by atoms with Crippen molar-refractivity contribution in [2.45, 2.75) is 32.1 Å². The summed E-state index contributed by atoms with van der Waals surface area (Å²) in [6.45, 7) is 3.85. The van der Waals surface area contributed by atoms with Crippen molar-refractivity contribution in [1.82, 2.24) is 10.2 Å². The standard InChI is InChI=1S/C24H31N2O7P/c27-22-10-7-19(24(29)34(30,31)32)17-20(22)16-18-5-8-21(9-6-18)33-15-3-1-2-4-23(28)26-13-11-25-12-14-26/h5-10,17,25,27H,1-4,11-16H2,(H2,30,31,32). The zero-order chi connectivity index (χ0) is 24.6. The summed E-state index contributed by atoms with van der Waals surface area (Å²) in [6.07, 6.45) is 3.47. The lowest BCUT2D eigenvalue weighted by molar-refractivity contribution is -0.131. The van der Waals surface area contributed by atoms with Gasteiger partial charge in [0.2, 0.25) is 5.91 Å². The average molecular weight is 490 g/mol. The molecule has 1 aliphatic rings. The van der Waals surface area contributed by atoms with E-state index in [1.54, 1.807) is 0 Å². The molecule has 2 aromatic carbocycles. The Morgan fingerprint density at radius 2 is 1.71 bits per heavy atom. The Balaban J connectivity index is 1.42. The maximum absolute atomic E-state index is 12.1. The lowest BCUT2D eigenvalue weighted by Gasteiger charge is -2.27. The van der Waals surface area contributed by atoms with Crippen molar-refractivity contribution in [2.75, 3.05) is 32.8 Å². The third kappa shape index (κ3) is 7.67. The van der Waals surface area contributed by atoms with Crippen molar-refractivity contribution in [1.29, 1.82) is 0 Å². The van der Waals surface area contributed by atoms with Gasteiger partial charge in [0.15, 0.2) is 0 Å². The summed E-state index contributed by atoms with van der Waals surface area (Å²) in [7, 11) is -4.89. The summed E-state index contributed by atoms with van der Waals surface area (Å²) in [5.41, 5.74) is -0.181. The summed E-state index contributed by atoms with van der Waals surface area (Å²) >= 11 is 0. The number of ether oxygens (including phenoxy) is 1. The summed E-state index contributed by atoms with van der Waals surface area (Å²) in [4.78, 5) is 44.0. The smallest absolute Gasteiger partial charge is 0.396 e. The minimum absolute atomic E-state index is 0.0574. The summed E-state index contributed by atoms with van der Waals surface area (Å²) < 4.78 is 17.0. The number of amides is 1. The largest absolute Gasteiger partial charge is 0.508 e. The molecular formula is C24H31N2O7P. The zero-order valence-electron chi connectivity index (χ0n) is 19.0. The first-order valence-corrected chi connectivity index (χ1v) is 13.0. The summed E-state index contributed by atoms with van der Waals surface area (Å²) in [5.74, 6) is 0.869. The number of hydrogen-bond donors (Lipinski definition) is 4. The van der Waals surface area contributed by atoms with Crippen molar-refractivity contribution < 1.29 is 33.8 Å². The second kappa shape index (κ2) is 12.1. The molecule has 10 heteroatoms. The van der Waals surface area contributed by atoms with Crippen LogP contribution in [0.15, 0.2) is 42.5 Å². The van der Waals surface area contributed by atoms with E-state index >= 15 is 0 Å². The van der Waals surface area contributed by atoms with Crippen LogP contribution in [0, 0.1) is 0 Å². The molecule has 1 heterocycles. The number of unbranched alkanes of at least 4 members (excludes halogenated alkanes) is 2. The van der Waals surface area contributed by atoms with E-state index in [1.165, 1.54) is 18.2 Å². The van der Waals surface area contributed by atoms with Crippen LogP contribution in [0.3, 0.4) is 0 Å². The highest BCUT2D eigenvalue weighted by molar-refractivity contribution is 7.70. The molecule has 3 rings (SSSR count). The molecule has 9 nitrogen and oxygen atoms in total. The van der Waals surface area contributed by atoms with Crippen LogP contribution in [0.5, 0.6) is 11.5 Å². The second-order valence-electron chi connectivity index (χ2n) is 8.30. The van der Waals surface area contributed by atoms with Crippen LogP contribution in [-0.2, 0) is 15.8 Å². The van der Waals surface area contributed by atoms with Crippen molar-refractivity contribution in [2.24, 2.45) is 0 Å². The Labute approximate surface area is 198 Å². The third-order valence-electron chi connectivity index (χ3n) is 5.68. The topological polar surface area (TPSA) is 136 Å². The molecule has 0 bridgehead atoms. The number of phenols is 1. The third-order valence-corrected chi connectivity index (χ3v) is 6.47. The fourth-order valence-corrected chi connectivity index (χ4v) is 4.24. The Bertz CT molecular complexity index is 1030. The lowest BCUT2D eigenvalue weighted by Crippen LogP contribution is -2.46. The van der Waals surface area contributed by atoms with Crippen LogP contribution in [-0.4, -0.2) is 64.0 Å². The van der Waals surface area contributed by atoms with E-state index in [1.807, 2.05) is 29.2 Å². The van der Waals surface area contributed by atoms with Gasteiger partial charge in [0.25, 0.3) is 5.52 Å². The van der Waals surface area contributed by atoms with E-state index in [4.69, 9.17) is 14.5 Å². The first kappa shape index (κ1) is 25.9. The fraction of sp³-hybridized carbons (Fsp3) is 0.417. The molecule has 0 aliphatic carbocycles. The molecule has 1 fully saturated rings. The lowest BCUT2D eigenvalue weighted by atomic mass is 10.0. The van der Waals surface area contributed by atoms with Crippen LogP contribution >= 0.6 is 7.60 Å². The number of carbonyl (C=O) groups is 2. The monoisotopic (exact) mass is 490 g/mol. The van der Waals surface area contributed by atoms with Crippen molar-refractivity contribution in [3.63, 3.8) is 0 Å². The highest BCUT2D eigenvalue weighted by Gasteiger charge is 2.27. The van der Waals surface area contributed by atoms with E-state index in [2.05, 4.69) is 5.32 Å². The predicted octanol–water partition coefficient (Wildman–Crippen LogP) is 2.67. The van der Waals surface area contributed by atoms with E-state index in [9.17, 15) is 19.3 Å². The van der Waals surface area contributed by atoms with Gasteiger partial charge in [-0.25, -0.2) is 0 Å². The molecule has 4 N–H and O–H groups in total. The quantitative estimate of drug-likeness (QED) is 0.279. The Kier molecular flexibility index (Phi) is 9.24. The molecule has 0 unspecified atom stereocenters. The average Bonchev–Trinajstić information content (AvgIpc) is 2.83. The van der Waals surface area contributed by atoms with E-state index in [-0.39, 0.29) is 23.6 Å². The minimum Gasteiger partial charge on any atom is -0.508 e. The van der Waals surface area contributed by atoms with E-state index < -0.39 is 13.1 Å². The van der Waals surface area contributed by atoms with Gasteiger partial charge in [0, 0.05) is 44.6 Å². The number of hydrogen-bond acceptors (Lipinski definition) is 6. The van der Waals surface area contributed by atoms with Gasteiger partial charge < -0.3 is 29.8 Å². The minimum atomic E-state index is -4.89. The van der Waals surface area contributed by atoms with Crippen LogP contribution in [0.25, 0.3) is 0 Å². The maximum atomic E-state index is 12.1. The van der Waals surface area contributed by atoms with Crippen molar-refractivity contribution >= 4 is 19.0 Å². The number of benzene rings is 2. The molecule has 1 amide bonds. The molecule has 1 saturated heterocycles. The van der Waals surface area contributed by atoms with E-state index in [0.29, 0.717) is 24.3 Å². The molecular weight excluding hydrogens is 459 g/mol. The highest BCUT2D eigenvalue weighted by atomic mass is 31.2. The molecule has 34 heavy (non-hydrogen) atoms. The van der Waals surface area contributed by atoms with Crippen molar-refractivity contribution in [3.8, 4) is 11.5 Å². The molecule has 0 aromatic heterocycles. The van der Waals surface area contributed by atoms with Crippen molar-refractivity contribution in [3.05, 3.63) is 59.2 Å². The van der Waals surface area contributed by atoms with Gasteiger partial charge in [-0.15, -0.1) is 0 Å². The maximum Gasteiger partial charge on any atom is 0.396 e. The Morgan fingerprint density at radius 3 is 2.38 bits per heavy atom. The summed E-state index contributed by atoms with van der Waals surface area (Å²) in [6, 6.07) is 11.0. The first-order chi connectivity index (χ1) is 16.2. The van der Waals surface area contributed by atoms with Gasteiger partial charge in [-0.05, 0) is 60.7 Å². The molecule has 0 spiro atoms. The number of rotatable bonds is 11. The van der Waals surface area contributed by atoms with Gasteiger partial charge in [-0.3, -0.25) is 14.2 Å². The van der Waals surface area contributed by atoms with Crippen LogP contribution in [0.4, 0.5) is 0 Å². The van der Waals surface area contributed by atoms with Crippen LogP contribution in [0.2, 0.25) is 0 Å². The number of piperazine rings is 1. The van der Waals surface area contributed by atoms with Gasteiger partial charge in [-0.2, -0.15) is 0 Å². The predicted molar refractivity (Wildman–Crippen MR) is 127 cm³/mol.